The van der Waals surface area contributed by atoms with Crippen molar-refractivity contribution in [3.8, 4) is 0 Å². The Balaban J connectivity index is 1.45. The minimum atomic E-state index is -0.615. The molecule has 0 radical (unpaired) electrons. The Morgan fingerprint density at radius 2 is 2.17 bits per heavy atom. The summed E-state index contributed by atoms with van der Waals surface area (Å²) in [5.74, 6) is 0.972. The van der Waals surface area contributed by atoms with Gasteiger partial charge in [-0.05, 0) is 30.2 Å². The summed E-state index contributed by atoms with van der Waals surface area (Å²) in [5, 5.41) is 18.1. The molecule has 5 rings (SSSR count). The lowest BCUT2D eigenvalue weighted by Gasteiger charge is -2.24. The summed E-state index contributed by atoms with van der Waals surface area (Å²) in [6, 6.07) is 7.78. The van der Waals surface area contributed by atoms with E-state index in [0.717, 1.165) is 11.2 Å². The predicted molar refractivity (Wildman–Crippen MR) is 128 cm³/mol. The first-order valence-corrected chi connectivity index (χ1v) is 11.3. The molecule has 3 N–H and O–H groups in total. The summed E-state index contributed by atoms with van der Waals surface area (Å²) in [4.78, 5) is 23.3. The summed E-state index contributed by atoms with van der Waals surface area (Å²) in [5.41, 5.74) is 2.17. The number of amides is 1. The average Bonchev–Trinajstić information content (AvgIpc) is 3.59. The third kappa shape index (κ3) is 4.64. The quantitative estimate of drug-likeness (QED) is 0.345. The van der Waals surface area contributed by atoms with Crippen molar-refractivity contribution in [3.05, 3.63) is 54.4 Å². The second kappa shape index (κ2) is 9.29. The lowest BCUT2D eigenvalue weighted by Crippen LogP contribution is -2.41. The highest BCUT2D eigenvalue weighted by molar-refractivity contribution is 5.97. The standard InChI is InChI=1S/C23H26FN9O2/c1-13(2)16-10-20(30-29-16)27-21-17-5-4-8-33(17)31-23(28-21)32-12-15(35-3)9-18(32)22(34)26-14-6-7-19(24)25-11-14/h4-8,10-11,13,15,18H,9,12H2,1-3H3,(H,26,34)(H2,27,28,29,30,31)/t15-,18-/m0/s1. The number of aromatic amines is 1. The van der Waals surface area contributed by atoms with Gasteiger partial charge in [0.15, 0.2) is 11.6 Å². The van der Waals surface area contributed by atoms with Gasteiger partial charge in [0.05, 0.1) is 18.0 Å². The van der Waals surface area contributed by atoms with Crippen LogP contribution in [0.2, 0.25) is 0 Å². The molecule has 1 amide bonds. The molecule has 11 nitrogen and oxygen atoms in total. The monoisotopic (exact) mass is 479 g/mol. The number of carbonyl (C=O) groups is 1. The van der Waals surface area contributed by atoms with E-state index in [-0.39, 0.29) is 12.0 Å². The SMILES string of the molecule is CO[C@H]1C[C@@H](C(=O)Nc2ccc(F)nc2)N(c2nc(Nc3cc(C(C)C)[nH]n3)c3cccn3n2)C1. The van der Waals surface area contributed by atoms with Gasteiger partial charge in [-0.3, -0.25) is 9.89 Å². The molecule has 1 fully saturated rings. The smallest absolute Gasteiger partial charge is 0.247 e. The molecule has 35 heavy (non-hydrogen) atoms. The number of pyridine rings is 1. The number of nitrogens with zero attached hydrogens (tertiary/aromatic N) is 6. The van der Waals surface area contributed by atoms with Gasteiger partial charge in [-0.1, -0.05) is 13.8 Å². The third-order valence-electron chi connectivity index (χ3n) is 6.00. The van der Waals surface area contributed by atoms with Gasteiger partial charge in [0, 0.05) is 38.0 Å². The van der Waals surface area contributed by atoms with E-state index in [9.17, 15) is 9.18 Å². The molecule has 12 heteroatoms. The molecule has 0 spiro atoms. The van der Waals surface area contributed by atoms with Crippen molar-refractivity contribution < 1.29 is 13.9 Å². The van der Waals surface area contributed by atoms with Crippen LogP contribution in [0.4, 0.5) is 27.7 Å². The molecule has 182 valence electrons. The molecule has 0 unspecified atom stereocenters. The van der Waals surface area contributed by atoms with E-state index in [2.05, 4.69) is 44.8 Å². The van der Waals surface area contributed by atoms with Crippen molar-refractivity contribution in [1.29, 1.82) is 0 Å². The van der Waals surface area contributed by atoms with Crippen LogP contribution in [0.15, 0.2) is 42.7 Å². The van der Waals surface area contributed by atoms with Crippen molar-refractivity contribution in [3.63, 3.8) is 0 Å². The summed E-state index contributed by atoms with van der Waals surface area (Å²) < 4.78 is 20.4. The number of anilines is 4. The molecule has 5 heterocycles. The normalized spacial score (nSPS) is 17.9. The number of methoxy groups -OCH3 is 1. The van der Waals surface area contributed by atoms with Gasteiger partial charge in [-0.2, -0.15) is 14.5 Å². The van der Waals surface area contributed by atoms with Crippen molar-refractivity contribution in [2.24, 2.45) is 0 Å². The van der Waals surface area contributed by atoms with Crippen LogP contribution >= 0.6 is 0 Å². The molecule has 4 aromatic heterocycles. The van der Waals surface area contributed by atoms with Gasteiger partial charge in [-0.15, -0.1) is 5.10 Å². The Morgan fingerprint density at radius 1 is 1.31 bits per heavy atom. The van der Waals surface area contributed by atoms with Gasteiger partial charge in [0.25, 0.3) is 0 Å². The fourth-order valence-electron chi connectivity index (χ4n) is 4.07. The number of rotatable bonds is 7. The molecule has 1 saturated heterocycles. The number of halogens is 1. The van der Waals surface area contributed by atoms with Crippen LogP contribution in [0.25, 0.3) is 5.52 Å². The first-order chi connectivity index (χ1) is 16.9. The largest absolute Gasteiger partial charge is 0.380 e. The molecule has 0 saturated carbocycles. The highest BCUT2D eigenvalue weighted by Gasteiger charge is 2.39. The lowest BCUT2D eigenvalue weighted by molar-refractivity contribution is -0.117. The first kappa shape index (κ1) is 22.7. The lowest BCUT2D eigenvalue weighted by atomic mass is 10.1. The van der Waals surface area contributed by atoms with Crippen molar-refractivity contribution >= 4 is 34.7 Å². The summed E-state index contributed by atoms with van der Waals surface area (Å²) in [6.45, 7) is 4.60. The van der Waals surface area contributed by atoms with Crippen LogP contribution in [-0.4, -0.2) is 61.5 Å². The molecule has 2 atom stereocenters. The topological polar surface area (TPSA) is 125 Å². The summed E-state index contributed by atoms with van der Waals surface area (Å²) in [6.07, 6.45) is 3.36. The summed E-state index contributed by atoms with van der Waals surface area (Å²) in [7, 11) is 1.61. The molecular weight excluding hydrogens is 453 g/mol. The first-order valence-electron chi connectivity index (χ1n) is 11.3. The van der Waals surface area contributed by atoms with E-state index in [1.165, 1.54) is 18.3 Å². The van der Waals surface area contributed by atoms with Crippen molar-refractivity contribution in [2.45, 2.75) is 38.3 Å². The fraction of sp³-hybridized carbons (Fsp3) is 0.348. The third-order valence-corrected chi connectivity index (χ3v) is 6.00. The fourth-order valence-corrected chi connectivity index (χ4v) is 4.07. The van der Waals surface area contributed by atoms with E-state index >= 15 is 0 Å². The Morgan fingerprint density at radius 3 is 2.89 bits per heavy atom. The van der Waals surface area contributed by atoms with Gasteiger partial charge >= 0.3 is 0 Å². The van der Waals surface area contributed by atoms with Crippen LogP contribution in [0.1, 0.15) is 31.9 Å². The molecule has 1 aliphatic rings. The number of H-pyrrole nitrogens is 1. The average molecular weight is 480 g/mol. The molecule has 0 aliphatic carbocycles. The number of aromatic nitrogens is 6. The van der Waals surface area contributed by atoms with E-state index < -0.39 is 12.0 Å². The Labute approximate surface area is 200 Å². The van der Waals surface area contributed by atoms with E-state index in [4.69, 9.17) is 9.72 Å². The van der Waals surface area contributed by atoms with Crippen LogP contribution in [0, 0.1) is 5.95 Å². The van der Waals surface area contributed by atoms with Crippen molar-refractivity contribution in [1.82, 2.24) is 29.8 Å². The number of hydrogen-bond donors (Lipinski definition) is 3. The zero-order valence-electron chi connectivity index (χ0n) is 19.6. The maximum Gasteiger partial charge on any atom is 0.247 e. The van der Waals surface area contributed by atoms with Crippen LogP contribution in [0.5, 0.6) is 0 Å². The van der Waals surface area contributed by atoms with Crippen molar-refractivity contribution in [2.75, 3.05) is 29.2 Å². The van der Waals surface area contributed by atoms with E-state index in [1.54, 1.807) is 11.6 Å². The van der Waals surface area contributed by atoms with Gasteiger partial charge < -0.3 is 20.3 Å². The minimum absolute atomic E-state index is 0.183. The number of fused-ring (bicyclic) bond motifs is 1. The molecule has 0 bridgehead atoms. The Kier molecular flexibility index (Phi) is 6.03. The molecule has 0 aromatic carbocycles. The second-order valence-corrected chi connectivity index (χ2v) is 8.71. The zero-order valence-corrected chi connectivity index (χ0v) is 19.6. The highest BCUT2D eigenvalue weighted by Crippen LogP contribution is 2.29. The number of carbonyl (C=O) groups excluding carboxylic acids is 1. The maximum absolute atomic E-state index is 13.2. The van der Waals surface area contributed by atoms with Gasteiger partial charge in [-0.25, -0.2) is 9.50 Å². The molecular formula is C23H26FN9O2. The van der Waals surface area contributed by atoms with E-state index in [1.807, 2.05) is 29.3 Å². The highest BCUT2D eigenvalue weighted by atomic mass is 19.1. The zero-order chi connectivity index (χ0) is 24.5. The maximum atomic E-state index is 13.2. The number of nitrogens with one attached hydrogen (secondary N) is 3. The number of ether oxygens (including phenoxy) is 1. The minimum Gasteiger partial charge on any atom is -0.380 e. The molecule has 4 aromatic rings. The Hall–Kier alpha value is -4.06. The van der Waals surface area contributed by atoms with Crippen LogP contribution in [0.3, 0.4) is 0 Å². The Bertz CT molecular complexity index is 1330. The predicted octanol–water partition coefficient (Wildman–Crippen LogP) is 3.09. The van der Waals surface area contributed by atoms with E-state index in [0.29, 0.717) is 42.2 Å². The second-order valence-electron chi connectivity index (χ2n) is 8.71. The van der Waals surface area contributed by atoms with Gasteiger partial charge in [0.2, 0.25) is 17.8 Å². The van der Waals surface area contributed by atoms with Crippen LogP contribution < -0.4 is 15.5 Å². The summed E-state index contributed by atoms with van der Waals surface area (Å²) >= 11 is 0. The molecule has 1 aliphatic heterocycles. The van der Waals surface area contributed by atoms with Crippen LogP contribution in [-0.2, 0) is 9.53 Å². The number of hydrogen-bond acceptors (Lipinski definition) is 8. The van der Waals surface area contributed by atoms with Gasteiger partial charge in [0.1, 0.15) is 11.6 Å².